The van der Waals surface area contributed by atoms with Gasteiger partial charge >= 0.3 is 0 Å². The Balaban J connectivity index is 1.51. The molecule has 0 bridgehead atoms. The van der Waals surface area contributed by atoms with Crippen molar-refractivity contribution in [3.63, 3.8) is 0 Å². The summed E-state index contributed by atoms with van der Waals surface area (Å²) < 4.78 is 0. The lowest BCUT2D eigenvalue weighted by molar-refractivity contribution is -0.120. The zero-order valence-electron chi connectivity index (χ0n) is 18.9. The number of carbonyl (C=O) groups excluding carboxylic acids is 2. The molecule has 2 aliphatic rings. The van der Waals surface area contributed by atoms with Gasteiger partial charge in [0.05, 0.1) is 11.3 Å². The quantitative estimate of drug-likeness (QED) is 0.580. The lowest BCUT2D eigenvalue weighted by Gasteiger charge is -2.37. The summed E-state index contributed by atoms with van der Waals surface area (Å²) in [6, 6.07) is 21.2. The second kappa shape index (κ2) is 8.54. The number of amides is 2. The summed E-state index contributed by atoms with van der Waals surface area (Å²) in [5.74, 6) is 0.411. The predicted octanol–water partition coefficient (Wildman–Crippen LogP) is 3.81. The molecule has 3 heterocycles. The highest BCUT2D eigenvalue weighted by atomic mass is 16.2. The van der Waals surface area contributed by atoms with Gasteiger partial charge in [-0.3, -0.25) is 9.59 Å². The molecular weight excluding hydrogens is 412 g/mol. The van der Waals surface area contributed by atoms with E-state index in [-0.39, 0.29) is 11.8 Å². The number of imide groups is 1. The van der Waals surface area contributed by atoms with Crippen molar-refractivity contribution in [3.05, 3.63) is 95.3 Å². The van der Waals surface area contributed by atoms with Crippen molar-refractivity contribution in [3.8, 4) is 0 Å². The number of anilines is 2. The Kier molecular flexibility index (Phi) is 5.42. The molecule has 3 aromatic rings. The van der Waals surface area contributed by atoms with Crippen molar-refractivity contribution in [1.29, 1.82) is 0 Å². The lowest BCUT2D eigenvalue weighted by atomic mass is 10.0. The van der Waals surface area contributed by atoms with Gasteiger partial charge in [-0.1, -0.05) is 42.5 Å². The molecule has 1 aromatic heterocycles. The molecule has 2 amide bonds. The van der Waals surface area contributed by atoms with Gasteiger partial charge in [-0.25, -0.2) is 9.88 Å². The fourth-order valence-electron chi connectivity index (χ4n) is 4.69. The minimum absolute atomic E-state index is 0.255. The van der Waals surface area contributed by atoms with E-state index in [0.29, 0.717) is 30.0 Å². The third kappa shape index (κ3) is 3.89. The lowest BCUT2D eigenvalue weighted by Crippen LogP contribution is -2.48. The van der Waals surface area contributed by atoms with E-state index in [9.17, 15) is 9.59 Å². The first-order chi connectivity index (χ1) is 16.0. The first kappa shape index (κ1) is 20.9. The molecule has 5 rings (SSSR count). The van der Waals surface area contributed by atoms with Gasteiger partial charge in [-0.15, -0.1) is 0 Å². The topological polar surface area (TPSA) is 56.8 Å². The fraction of sp³-hybridized carbons (Fsp3) is 0.222. The highest BCUT2D eigenvalue weighted by Gasteiger charge is 2.43. The Hall–Kier alpha value is -3.93. The zero-order valence-corrected chi connectivity index (χ0v) is 18.9. The van der Waals surface area contributed by atoms with E-state index in [4.69, 9.17) is 0 Å². The molecule has 2 aliphatic heterocycles. The largest absolute Gasteiger partial charge is 0.363 e. The summed E-state index contributed by atoms with van der Waals surface area (Å²) in [4.78, 5) is 37.5. The number of rotatable bonds is 4. The predicted molar refractivity (Wildman–Crippen MR) is 130 cm³/mol. The normalized spacial score (nSPS) is 16.7. The number of hydrogen-bond acceptors (Lipinski definition) is 5. The molecule has 0 unspecified atom stereocenters. The molecule has 0 radical (unpaired) electrons. The van der Waals surface area contributed by atoms with Gasteiger partial charge in [0, 0.05) is 32.4 Å². The van der Waals surface area contributed by atoms with Gasteiger partial charge in [-0.05, 0) is 54.8 Å². The van der Waals surface area contributed by atoms with E-state index in [1.807, 2.05) is 80.6 Å². The number of aryl methyl sites for hydroxylation is 2. The van der Waals surface area contributed by atoms with Gasteiger partial charge in [0.1, 0.15) is 11.5 Å². The minimum atomic E-state index is -0.265. The van der Waals surface area contributed by atoms with Gasteiger partial charge < -0.3 is 9.80 Å². The molecule has 0 atom stereocenters. The van der Waals surface area contributed by atoms with Crippen LogP contribution in [0.25, 0.3) is 5.57 Å². The van der Waals surface area contributed by atoms with E-state index < -0.39 is 0 Å². The van der Waals surface area contributed by atoms with Crippen LogP contribution in [0.4, 0.5) is 11.5 Å². The van der Waals surface area contributed by atoms with E-state index in [1.165, 1.54) is 4.90 Å². The Morgan fingerprint density at radius 1 is 0.727 bits per heavy atom. The number of nitrogens with zero attached hydrogens (tertiary/aromatic N) is 4. The third-order valence-corrected chi connectivity index (χ3v) is 6.16. The smallest absolute Gasteiger partial charge is 0.282 e. The minimum Gasteiger partial charge on any atom is -0.363 e. The van der Waals surface area contributed by atoms with Crippen LogP contribution in [-0.2, 0) is 9.59 Å². The molecule has 1 fully saturated rings. The summed E-state index contributed by atoms with van der Waals surface area (Å²) in [7, 11) is 0. The van der Waals surface area contributed by atoms with E-state index >= 15 is 0 Å². The first-order valence-electron chi connectivity index (χ1n) is 11.2. The Bertz CT molecular complexity index is 1210. The average molecular weight is 439 g/mol. The molecular formula is C27H26N4O2. The van der Waals surface area contributed by atoms with Crippen LogP contribution in [0.15, 0.2) is 78.6 Å². The van der Waals surface area contributed by atoms with Crippen LogP contribution in [-0.4, -0.2) is 47.9 Å². The Labute approximate surface area is 193 Å². The number of benzene rings is 2. The number of pyridine rings is 1. The van der Waals surface area contributed by atoms with Crippen LogP contribution in [0, 0.1) is 13.8 Å². The van der Waals surface area contributed by atoms with Crippen molar-refractivity contribution in [1.82, 2.24) is 9.88 Å². The Morgan fingerprint density at radius 2 is 1.36 bits per heavy atom. The molecule has 166 valence electrons. The molecule has 6 heteroatoms. The molecule has 33 heavy (non-hydrogen) atoms. The molecule has 0 spiro atoms. The van der Waals surface area contributed by atoms with E-state index in [0.717, 1.165) is 35.6 Å². The summed E-state index contributed by atoms with van der Waals surface area (Å²) in [5.41, 5.74) is 4.40. The molecule has 0 aliphatic carbocycles. The van der Waals surface area contributed by atoms with Gasteiger partial charge in [0.25, 0.3) is 11.8 Å². The maximum atomic E-state index is 13.8. The monoisotopic (exact) mass is 438 g/mol. The van der Waals surface area contributed by atoms with Crippen LogP contribution in [0.5, 0.6) is 0 Å². The maximum Gasteiger partial charge on any atom is 0.282 e. The van der Waals surface area contributed by atoms with Gasteiger partial charge in [0.2, 0.25) is 0 Å². The van der Waals surface area contributed by atoms with Crippen LogP contribution < -0.4 is 9.80 Å². The number of piperazine rings is 1. The van der Waals surface area contributed by atoms with E-state index in [2.05, 4.69) is 14.8 Å². The summed E-state index contributed by atoms with van der Waals surface area (Å²) in [6.07, 6.45) is 1.79. The van der Waals surface area contributed by atoms with Crippen LogP contribution in [0.1, 0.15) is 16.7 Å². The van der Waals surface area contributed by atoms with E-state index in [1.54, 1.807) is 6.20 Å². The van der Waals surface area contributed by atoms with Crippen molar-refractivity contribution < 1.29 is 9.59 Å². The van der Waals surface area contributed by atoms with Gasteiger partial charge in [0.15, 0.2) is 0 Å². The average Bonchev–Trinajstić information content (AvgIpc) is 3.09. The second-order valence-electron chi connectivity index (χ2n) is 8.54. The summed E-state index contributed by atoms with van der Waals surface area (Å²) in [5, 5.41) is 0. The SMILES string of the molecule is Cc1cc(C)cc(N2C(=O)C(c3ccccc3)=C(N3CCN(c4ccccn4)CC3)C2=O)c1. The molecule has 1 saturated heterocycles. The standard InChI is InChI=1S/C27H26N4O2/c1-19-16-20(2)18-22(17-19)31-26(32)24(21-8-4-3-5-9-21)25(27(31)33)30-14-12-29(13-15-30)23-10-6-7-11-28-23/h3-11,16-18H,12-15H2,1-2H3. The van der Waals surface area contributed by atoms with Crippen molar-refractivity contribution in [2.24, 2.45) is 0 Å². The van der Waals surface area contributed by atoms with Crippen molar-refractivity contribution in [2.75, 3.05) is 36.0 Å². The van der Waals surface area contributed by atoms with Crippen LogP contribution >= 0.6 is 0 Å². The molecule has 6 nitrogen and oxygen atoms in total. The Morgan fingerprint density at radius 3 is 2.00 bits per heavy atom. The summed E-state index contributed by atoms with van der Waals surface area (Å²) in [6.45, 7) is 6.70. The highest BCUT2D eigenvalue weighted by Crippen LogP contribution is 2.36. The van der Waals surface area contributed by atoms with Crippen molar-refractivity contribution in [2.45, 2.75) is 13.8 Å². The number of aromatic nitrogens is 1. The van der Waals surface area contributed by atoms with Crippen LogP contribution in [0.3, 0.4) is 0 Å². The van der Waals surface area contributed by atoms with Gasteiger partial charge in [-0.2, -0.15) is 0 Å². The van der Waals surface area contributed by atoms with Crippen molar-refractivity contribution >= 4 is 28.9 Å². The third-order valence-electron chi connectivity index (χ3n) is 6.16. The molecule has 0 N–H and O–H groups in total. The molecule has 2 aromatic carbocycles. The molecule has 0 saturated carbocycles. The fourth-order valence-corrected chi connectivity index (χ4v) is 4.69. The first-order valence-corrected chi connectivity index (χ1v) is 11.2. The second-order valence-corrected chi connectivity index (χ2v) is 8.54. The summed E-state index contributed by atoms with van der Waals surface area (Å²) >= 11 is 0. The maximum absolute atomic E-state index is 13.8. The zero-order chi connectivity index (χ0) is 22.9. The number of hydrogen-bond donors (Lipinski definition) is 0. The van der Waals surface area contributed by atoms with Crippen LogP contribution in [0.2, 0.25) is 0 Å². The highest BCUT2D eigenvalue weighted by molar-refractivity contribution is 6.45. The number of carbonyl (C=O) groups is 2.